The van der Waals surface area contributed by atoms with Crippen LogP contribution in [0, 0.1) is 0 Å². The van der Waals surface area contributed by atoms with Crippen LogP contribution in [0.4, 0.5) is 34.1 Å². The Kier molecular flexibility index (Phi) is 14.1. The van der Waals surface area contributed by atoms with Crippen molar-refractivity contribution in [1.82, 2.24) is 4.57 Å². The van der Waals surface area contributed by atoms with Crippen molar-refractivity contribution in [2.24, 2.45) is 0 Å². The van der Waals surface area contributed by atoms with Crippen molar-refractivity contribution in [3.05, 3.63) is 320 Å². The average Bonchev–Trinajstić information content (AvgIpc) is 1.21. The van der Waals surface area contributed by atoms with Gasteiger partial charge in [-0.15, -0.1) is 0 Å². The molecule has 4 aliphatic heterocycles. The minimum absolute atomic E-state index is 0.0873. The molecule has 0 unspecified atom stereocenters. The first-order valence-corrected chi connectivity index (χ1v) is 36.3. The third kappa shape index (κ3) is 10.2. The Morgan fingerprint density at radius 1 is 0.262 bits per heavy atom. The van der Waals surface area contributed by atoms with Crippen molar-refractivity contribution in [3.63, 3.8) is 0 Å². The van der Waals surface area contributed by atoms with Gasteiger partial charge in [-0.2, -0.15) is 0 Å². The Balaban J connectivity index is 0.947. The number of ether oxygens (including phenoxy) is 2. The van der Waals surface area contributed by atoms with Gasteiger partial charge in [0.05, 0.1) is 16.7 Å². The van der Waals surface area contributed by atoms with Crippen LogP contribution in [0.15, 0.2) is 303 Å². The van der Waals surface area contributed by atoms with Crippen LogP contribution in [0.3, 0.4) is 0 Å². The van der Waals surface area contributed by atoms with Gasteiger partial charge in [0.2, 0.25) is 0 Å². The normalized spacial score (nSPS) is 13.4. The second-order valence-electron chi connectivity index (χ2n) is 31.6. The van der Waals surface area contributed by atoms with E-state index < -0.39 is 0 Å². The van der Waals surface area contributed by atoms with E-state index in [2.05, 4.69) is 380 Å². The van der Waals surface area contributed by atoms with E-state index in [0.29, 0.717) is 0 Å². The fourth-order valence-corrected chi connectivity index (χ4v) is 16.8. The molecule has 0 bridgehead atoms. The van der Waals surface area contributed by atoms with Crippen molar-refractivity contribution < 1.29 is 9.47 Å². The van der Waals surface area contributed by atoms with E-state index in [1.807, 2.05) is 0 Å². The monoisotopic (exact) mass is 1330 g/mol. The summed E-state index contributed by atoms with van der Waals surface area (Å²) in [5.41, 5.74) is 31.4. The predicted octanol–water partition coefficient (Wildman–Crippen LogP) is 21.8. The lowest BCUT2D eigenvalue weighted by molar-refractivity contribution is 0.483. The summed E-state index contributed by atoms with van der Waals surface area (Å²) in [4.78, 5) is 5.26. The smallest absolute Gasteiger partial charge is 0.256 e. The maximum absolute atomic E-state index is 7.65. The van der Waals surface area contributed by atoms with Gasteiger partial charge in [0.15, 0.2) is 0 Å². The summed E-state index contributed by atoms with van der Waals surface area (Å²) >= 11 is 0. The summed E-state index contributed by atoms with van der Waals surface area (Å²) < 4.78 is 17.7. The lowest BCUT2D eigenvalue weighted by Gasteiger charge is -2.45. The van der Waals surface area contributed by atoms with Crippen LogP contribution in [0.2, 0.25) is 0 Å². The quantitative estimate of drug-likeness (QED) is 0.142. The minimum Gasteiger partial charge on any atom is -0.458 e. The Morgan fingerprint density at radius 3 is 1.24 bits per heavy atom. The fraction of sp³-hybridized carbons (Fsp3) is 0.125. The standard InChI is InChI=1S/C96H77B2N3O2/c1-94(2,3)68-42-44-72(45-43-68)100-83-59-84-80(58-79(83)97-77-46-39-65(60-27-15-10-16-28-60)51-87(77)102-89-53-67(50-85(100)91(89)97)64-41-48-82-76(49-64)73-37-25-26-38-81(73)99(82)71-35-23-14-24-36-71)98-78-47-40-66(61-29-17-11-18-30-61)52-88(78)103-90-57-70(96(7,8)9)56-86(92(90)98)101(84)93-74(62-31-19-12-20-32-62)54-69(95(4,5)6)55-75(93)63-33-21-13-22-34-63/h10-59H,1-9H3. The molecule has 0 amide bonds. The number of aromatic nitrogens is 1. The van der Waals surface area contributed by atoms with Crippen LogP contribution in [0.25, 0.3) is 83.1 Å². The van der Waals surface area contributed by atoms with Gasteiger partial charge in [-0.3, -0.25) is 0 Å². The maximum Gasteiger partial charge on any atom is 0.256 e. The van der Waals surface area contributed by atoms with Crippen LogP contribution in [-0.4, -0.2) is 18.0 Å². The van der Waals surface area contributed by atoms with Crippen LogP contribution >= 0.6 is 0 Å². The van der Waals surface area contributed by atoms with Crippen LogP contribution < -0.4 is 52.1 Å². The van der Waals surface area contributed by atoms with Gasteiger partial charge in [0.1, 0.15) is 23.0 Å². The Morgan fingerprint density at radius 2 is 0.699 bits per heavy atom. The molecule has 0 spiro atoms. The fourth-order valence-electron chi connectivity index (χ4n) is 16.8. The largest absolute Gasteiger partial charge is 0.458 e. The summed E-state index contributed by atoms with van der Waals surface area (Å²) in [5, 5.41) is 2.40. The van der Waals surface area contributed by atoms with E-state index >= 15 is 0 Å². The first-order chi connectivity index (χ1) is 50.0. The van der Waals surface area contributed by atoms with Gasteiger partial charge in [0.25, 0.3) is 13.4 Å². The van der Waals surface area contributed by atoms with Crippen LogP contribution in [0.1, 0.15) is 79.0 Å². The molecule has 103 heavy (non-hydrogen) atoms. The SMILES string of the molecule is CC(C)(C)c1ccc(N2c3cc4c(cc3B3c5ccc(-c6ccccc6)cc5Oc5cc(-c6ccc7c(c6)c6ccccc6n7-c6ccccc6)cc2c53)B2c3ccc(-c5ccccc5)cc3Oc3cc(C(C)(C)C)cc(c32)N4c2c(-c3ccccc3)cc(C(C)(C)C)cc2-c2ccccc2)cc1. The lowest BCUT2D eigenvalue weighted by Crippen LogP contribution is -2.64. The molecule has 5 nitrogen and oxygen atoms in total. The van der Waals surface area contributed by atoms with E-state index in [1.54, 1.807) is 0 Å². The zero-order valence-electron chi connectivity index (χ0n) is 59.7. The number of benzene rings is 14. The number of rotatable bonds is 8. The first-order valence-electron chi connectivity index (χ1n) is 36.3. The Hall–Kier alpha value is -11.8. The summed E-state index contributed by atoms with van der Waals surface area (Å²) in [6.07, 6.45) is 0. The Labute approximate surface area is 605 Å². The molecule has 4 aliphatic rings. The molecule has 15 aromatic rings. The minimum atomic E-state index is -0.269. The summed E-state index contributed by atoms with van der Waals surface area (Å²) in [6.45, 7) is 20.5. The highest BCUT2D eigenvalue weighted by molar-refractivity contribution is 7.02. The van der Waals surface area contributed by atoms with Crippen molar-refractivity contribution >= 4 is 102 Å². The summed E-state index contributed by atoms with van der Waals surface area (Å²) in [7, 11) is 0. The third-order valence-corrected chi connectivity index (χ3v) is 22.1. The van der Waals surface area contributed by atoms with Crippen molar-refractivity contribution in [2.75, 3.05) is 9.80 Å². The first kappa shape index (κ1) is 62.2. The van der Waals surface area contributed by atoms with Gasteiger partial charge < -0.3 is 23.8 Å². The second-order valence-corrected chi connectivity index (χ2v) is 31.6. The molecule has 1 aromatic heterocycles. The van der Waals surface area contributed by atoms with Gasteiger partial charge in [0, 0.05) is 56.0 Å². The van der Waals surface area contributed by atoms with Crippen LogP contribution in [-0.2, 0) is 16.2 Å². The van der Waals surface area contributed by atoms with E-state index in [-0.39, 0.29) is 29.7 Å². The lowest BCUT2D eigenvalue weighted by atomic mass is 9.30. The van der Waals surface area contributed by atoms with E-state index in [4.69, 9.17) is 9.47 Å². The Bertz CT molecular complexity index is 5870. The molecule has 0 saturated heterocycles. The van der Waals surface area contributed by atoms with Crippen molar-refractivity contribution in [2.45, 2.75) is 78.6 Å². The molecule has 0 saturated carbocycles. The molecule has 19 rings (SSSR count). The average molecular weight is 1330 g/mol. The molecule has 0 atom stereocenters. The summed E-state index contributed by atoms with van der Waals surface area (Å²) in [5.74, 6) is 3.43. The number of hydrogen-bond donors (Lipinski definition) is 0. The third-order valence-electron chi connectivity index (χ3n) is 22.1. The molecule has 7 heteroatoms. The number of hydrogen-bond acceptors (Lipinski definition) is 4. The van der Waals surface area contributed by atoms with Crippen molar-refractivity contribution in [3.8, 4) is 84.3 Å². The van der Waals surface area contributed by atoms with Gasteiger partial charge in [-0.25, -0.2) is 0 Å². The number of fused-ring (bicyclic) bond motifs is 11. The van der Waals surface area contributed by atoms with Gasteiger partial charge in [-0.1, -0.05) is 269 Å². The highest BCUT2D eigenvalue weighted by Crippen LogP contribution is 2.54. The van der Waals surface area contributed by atoms with Gasteiger partial charge in [-0.05, 0) is 207 Å². The highest BCUT2D eigenvalue weighted by Gasteiger charge is 2.49. The molecular weight excluding hydrogens is 1250 g/mol. The van der Waals surface area contributed by atoms with E-state index in [9.17, 15) is 0 Å². The second kappa shape index (κ2) is 23.4. The summed E-state index contributed by atoms with van der Waals surface area (Å²) in [6, 6.07) is 113. The molecular formula is C96H77B2N3O2. The zero-order chi connectivity index (χ0) is 69.8. The molecule has 0 N–H and O–H groups in total. The molecule has 494 valence electrons. The van der Waals surface area contributed by atoms with E-state index in [0.717, 1.165) is 146 Å². The van der Waals surface area contributed by atoms with Crippen molar-refractivity contribution in [1.29, 1.82) is 0 Å². The number of para-hydroxylation sites is 2. The maximum atomic E-state index is 7.65. The number of nitrogens with zero attached hydrogens (tertiary/aromatic N) is 3. The molecule has 5 heterocycles. The predicted molar refractivity (Wildman–Crippen MR) is 436 cm³/mol. The van der Waals surface area contributed by atoms with Crippen LogP contribution in [0.5, 0.6) is 23.0 Å². The molecule has 0 fully saturated rings. The molecule has 14 aromatic carbocycles. The molecule has 0 radical (unpaired) electrons. The zero-order valence-corrected chi connectivity index (χ0v) is 59.7. The topological polar surface area (TPSA) is 29.9 Å². The molecule has 0 aliphatic carbocycles. The number of anilines is 6. The highest BCUT2D eigenvalue weighted by atomic mass is 16.5. The van der Waals surface area contributed by atoms with E-state index in [1.165, 1.54) is 43.9 Å². The van der Waals surface area contributed by atoms with Gasteiger partial charge >= 0.3 is 0 Å².